The van der Waals surface area contributed by atoms with Crippen LogP contribution < -0.4 is 4.90 Å². The van der Waals surface area contributed by atoms with E-state index in [0.29, 0.717) is 33.2 Å². The van der Waals surface area contributed by atoms with Crippen LogP contribution in [0.5, 0.6) is 0 Å². The summed E-state index contributed by atoms with van der Waals surface area (Å²) in [4.78, 5) is 25.5. The van der Waals surface area contributed by atoms with Gasteiger partial charge in [-0.05, 0) is 43.2 Å². The Hall–Kier alpha value is -4.15. The van der Waals surface area contributed by atoms with Crippen LogP contribution in [0.1, 0.15) is 23.7 Å². The van der Waals surface area contributed by atoms with Gasteiger partial charge in [-0.3, -0.25) is 4.79 Å². The van der Waals surface area contributed by atoms with Crippen molar-refractivity contribution in [2.45, 2.75) is 30.9 Å². The maximum atomic E-state index is 13.1. The number of carbonyl (C=O) groups excluding carboxylic acids is 1. The van der Waals surface area contributed by atoms with Gasteiger partial charge in [0.2, 0.25) is 0 Å². The van der Waals surface area contributed by atoms with Gasteiger partial charge < -0.3 is 14.4 Å². The van der Waals surface area contributed by atoms with E-state index >= 15 is 0 Å². The molecule has 3 aromatic carbocycles. The van der Waals surface area contributed by atoms with Crippen LogP contribution in [0.3, 0.4) is 0 Å². The second-order valence-electron chi connectivity index (χ2n) is 8.57. The van der Waals surface area contributed by atoms with E-state index in [0.717, 1.165) is 0 Å². The predicted octanol–water partition coefficient (Wildman–Crippen LogP) is 6.20. The number of sulfone groups is 1. The van der Waals surface area contributed by atoms with Crippen molar-refractivity contribution in [3.05, 3.63) is 94.6 Å². The smallest absolute Gasteiger partial charge is 0.419 e. The summed E-state index contributed by atoms with van der Waals surface area (Å²) in [5.41, 5.74) is 2.38. The quantitative estimate of drug-likeness (QED) is 0.253. The lowest BCUT2D eigenvalue weighted by molar-refractivity contribution is -0.136. The van der Waals surface area contributed by atoms with Gasteiger partial charge in [0.1, 0.15) is 11.4 Å². The highest BCUT2D eigenvalue weighted by Gasteiger charge is 2.30. The number of carboxylic acids is 1. The molecule has 1 aromatic heterocycles. The third kappa shape index (κ3) is 6.13. The molecule has 0 saturated heterocycles. The highest BCUT2D eigenvalue weighted by Crippen LogP contribution is 2.41. The molecule has 0 fully saturated rings. The molecule has 1 heterocycles. The lowest BCUT2D eigenvalue weighted by Crippen LogP contribution is -2.27. The molecular weight excluding hydrogens is 544 g/mol. The van der Waals surface area contributed by atoms with Gasteiger partial charge in [-0.1, -0.05) is 71.4 Å². The summed E-state index contributed by atoms with van der Waals surface area (Å²) < 4.78 is 37.2. The average molecular weight is 569 g/mol. The van der Waals surface area contributed by atoms with E-state index in [2.05, 4.69) is 5.16 Å². The summed E-state index contributed by atoms with van der Waals surface area (Å²) in [6, 6.07) is 19.4. The number of aromatic nitrogens is 1. The van der Waals surface area contributed by atoms with Gasteiger partial charge in [-0.25, -0.2) is 18.1 Å². The fraction of sp³-hybridized carbons (Fsp3) is 0.179. The van der Waals surface area contributed by atoms with E-state index in [1.165, 1.54) is 17.0 Å². The first-order chi connectivity index (χ1) is 18.6. The second kappa shape index (κ2) is 11.7. The third-order valence-electron chi connectivity index (χ3n) is 5.82. The zero-order valence-corrected chi connectivity index (χ0v) is 22.7. The van der Waals surface area contributed by atoms with Crippen molar-refractivity contribution >= 4 is 44.9 Å². The molecular formula is C28H25ClN2O7S. The van der Waals surface area contributed by atoms with Gasteiger partial charge in [-0.2, -0.15) is 0 Å². The number of anilines is 2. The number of ether oxygens (including phenoxy) is 1. The van der Waals surface area contributed by atoms with Crippen LogP contribution in [-0.2, 0) is 31.5 Å². The van der Waals surface area contributed by atoms with Gasteiger partial charge in [0.15, 0.2) is 15.6 Å². The number of carbonyl (C=O) groups is 2. The van der Waals surface area contributed by atoms with Crippen LogP contribution in [0.2, 0.25) is 5.02 Å². The predicted molar refractivity (Wildman–Crippen MR) is 146 cm³/mol. The Balaban J connectivity index is 1.69. The van der Waals surface area contributed by atoms with Crippen molar-refractivity contribution in [3.8, 4) is 11.3 Å². The maximum absolute atomic E-state index is 13.1. The first-order valence-electron chi connectivity index (χ1n) is 11.9. The number of aryl methyl sites for hydroxylation is 1. The number of benzene rings is 3. The number of amides is 1. The van der Waals surface area contributed by atoms with Gasteiger partial charge in [0, 0.05) is 5.56 Å². The molecule has 9 nitrogen and oxygen atoms in total. The Bertz CT molecular complexity index is 1620. The highest BCUT2D eigenvalue weighted by molar-refractivity contribution is 7.90. The topological polar surface area (TPSA) is 127 Å². The zero-order valence-electron chi connectivity index (χ0n) is 21.1. The van der Waals surface area contributed by atoms with Crippen molar-refractivity contribution in [3.63, 3.8) is 0 Å². The lowest BCUT2D eigenvalue weighted by atomic mass is 10.1. The average Bonchev–Trinajstić information content (AvgIpc) is 3.26. The van der Waals surface area contributed by atoms with Crippen molar-refractivity contribution < 1.29 is 32.4 Å². The first-order valence-corrected chi connectivity index (χ1v) is 13.9. The van der Waals surface area contributed by atoms with E-state index in [1.807, 2.05) is 0 Å². The summed E-state index contributed by atoms with van der Waals surface area (Å²) in [5.74, 6) is -1.18. The first kappa shape index (κ1) is 27.9. The molecule has 0 saturated carbocycles. The molecule has 1 amide bonds. The molecule has 0 atom stereocenters. The van der Waals surface area contributed by atoms with Crippen LogP contribution in [-0.4, -0.2) is 37.4 Å². The molecule has 0 unspecified atom stereocenters. The number of aliphatic carboxylic acids is 1. The minimum absolute atomic E-state index is 0.0190. The summed E-state index contributed by atoms with van der Waals surface area (Å²) in [7, 11) is -3.83. The number of rotatable bonds is 9. The van der Waals surface area contributed by atoms with Gasteiger partial charge >= 0.3 is 12.1 Å². The molecule has 0 aliphatic carbocycles. The maximum Gasteiger partial charge on any atom is 0.419 e. The van der Waals surface area contributed by atoms with Crippen LogP contribution in [0.15, 0.2) is 82.2 Å². The molecule has 0 aliphatic rings. The molecule has 0 bridgehead atoms. The minimum atomic E-state index is -3.83. The molecule has 4 aromatic rings. The lowest BCUT2D eigenvalue weighted by Gasteiger charge is -2.23. The molecule has 11 heteroatoms. The standard InChI is InChI=1S/C28H25ClN2O7S/c1-3-37-28(34)31(23-10-6-5-9-22(23)29)26-18(2)30-38-27(26)20-14-12-19(13-15-20)17-39(35,36)24-11-7-4-8-21(24)16-25(32)33/h4-15H,3,16-17H2,1-2H3,(H,32,33). The fourth-order valence-corrected chi connectivity index (χ4v) is 5.95. The SMILES string of the molecule is CCOC(=O)N(c1ccccc1Cl)c1c(C)noc1-c1ccc(CS(=O)(=O)c2ccccc2CC(=O)O)cc1. The monoisotopic (exact) mass is 568 g/mol. The number of halogens is 1. The Morgan fingerprint density at radius 2 is 1.69 bits per heavy atom. The molecule has 39 heavy (non-hydrogen) atoms. The summed E-state index contributed by atoms with van der Waals surface area (Å²) in [5, 5.41) is 13.5. The zero-order chi connectivity index (χ0) is 28.2. The van der Waals surface area contributed by atoms with Crippen molar-refractivity contribution in [1.29, 1.82) is 0 Å². The summed E-state index contributed by atoms with van der Waals surface area (Å²) >= 11 is 6.41. The minimum Gasteiger partial charge on any atom is -0.481 e. The van der Waals surface area contributed by atoms with Gasteiger partial charge in [0.05, 0.1) is 34.4 Å². The van der Waals surface area contributed by atoms with Crippen molar-refractivity contribution in [1.82, 2.24) is 5.16 Å². The summed E-state index contributed by atoms with van der Waals surface area (Å²) in [6.45, 7) is 3.51. The molecule has 202 valence electrons. The third-order valence-corrected chi connectivity index (χ3v) is 7.92. The van der Waals surface area contributed by atoms with Crippen LogP contribution in [0, 0.1) is 6.92 Å². The van der Waals surface area contributed by atoms with Crippen molar-refractivity contribution in [2.24, 2.45) is 0 Å². The molecule has 0 aliphatic heterocycles. The van der Waals surface area contributed by atoms with E-state index in [9.17, 15) is 18.0 Å². The number of para-hydroxylation sites is 1. The molecule has 0 spiro atoms. The number of hydrogen-bond acceptors (Lipinski definition) is 7. The number of nitrogens with zero attached hydrogens (tertiary/aromatic N) is 2. The Labute approximate surface area is 230 Å². The van der Waals surface area contributed by atoms with E-state index in [-0.39, 0.29) is 28.6 Å². The number of carboxylic acid groups (broad SMARTS) is 1. The fourth-order valence-electron chi connectivity index (χ4n) is 4.11. The Morgan fingerprint density at radius 3 is 2.36 bits per heavy atom. The Morgan fingerprint density at radius 1 is 1.03 bits per heavy atom. The van der Waals surface area contributed by atoms with E-state index in [1.54, 1.807) is 74.5 Å². The molecule has 0 radical (unpaired) electrons. The van der Waals surface area contributed by atoms with Crippen LogP contribution >= 0.6 is 11.6 Å². The number of hydrogen-bond donors (Lipinski definition) is 1. The summed E-state index contributed by atoms with van der Waals surface area (Å²) in [6.07, 6.45) is -1.06. The van der Waals surface area contributed by atoms with Crippen molar-refractivity contribution in [2.75, 3.05) is 11.5 Å². The van der Waals surface area contributed by atoms with Crippen LogP contribution in [0.4, 0.5) is 16.2 Å². The van der Waals surface area contributed by atoms with E-state index in [4.69, 9.17) is 26.0 Å². The highest BCUT2D eigenvalue weighted by atomic mass is 35.5. The van der Waals surface area contributed by atoms with Gasteiger partial charge in [0.25, 0.3) is 0 Å². The molecule has 4 rings (SSSR count). The molecule has 1 N–H and O–H groups in total. The van der Waals surface area contributed by atoms with Gasteiger partial charge in [-0.15, -0.1) is 0 Å². The Kier molecular flexibility index (Phi) is 8.37. The second-order valence-corrected chi connectivity index (χ2v) is 10.9. The normalized spacial score (nSPS) is 11.3. The van der Waals surface area contributed by atoms with Crippen LogP contribution in [0.25, 0.3) is 11.3 Å². The van der Waals surface area contributed by atoms with E-state index < -0.39 is 28.3 Å². The largest absolute Gasteiger partial charge is 0.481 e.